The van der Waals surface area contributed by atoms with Crippen molar-refractivity contribution in [2.24, 2.45) is 0 Å². The molecule has 0 aliphatic carbocycles. The molecule has 8 aromatic rings. The molecular formula is C48H42Cl2N4O4. The van der Waals surface area contributed by atoms with Gasteiger partial charge in [-0.3, -0.25) is 0 Å². The fourth-order valence-corrected chi connectivity index (χ4v) is 7.23. The molecule has 1 N–H and O–H groups in total. The number of halogens is 2. The number of aromatic carboxylic acids is 1. The highest BCUT2D eigenvalue weighted by molar-refractivity contribution is 6.30. The Kier molecular flexibility index (Phi) is 12.1. The van der Waals surface area contributed by atoms with Gasteiger partial charge in [0, 0.05) is 48.9 Å². The number of hydrogen-bond acceptors (Lipinski definition) is 5. The lowest BCUT2D eigenvalue weighted by Gasteiger charge is -2.20. The number of carboxylic acids is 1. The number of aromatic nitrogens is 4. The van der Waals surface area contributed by atoms with Crippen LogP contribution in [0.5, 0.6) is 0 Å². The van der Waals surface area contributed by atoms with Gasteiger partial charge in [-0.2, -0.15) is 0 Å². The van der Waals surface area contributed by atoms with Crippen LogP contribution in [0.3, 0.4) is 0 Å². The number of benzene rings is 4. The van der Waals surface area contributed by atoms with E-state index in [1.807, 2.05) is 51.1 Å². The first-order chi connectivity index (χ1) is 27.9. The third-order valence-electron chi connectivity index (χ3n) is 9.61. The minimum absolute atomic E-state index is 0.185. The van der Waals surface area contributed by atoms with Crippen LogP contribution >= 0.6 is 23.2 Å². The van der Waals surface area contributed by atoms with E-state index in [-0.39, 0.29) is 21.8 Å². The second kappa shape index (κ2) is 17.5. The smallest absolute Gasteiger partial charge is 0.339 e. The Hall–Kier alpha value is -6.22. The highest BCUT2D eigenvalue weighted by Gasteiger charge is 2.21. The van der Waals surface area contributed by atoms with E-state index < -0.39 is 11.6 Å². The van der Waals surface area contributed by atoms with Crippen LogP contribution < -0.4 is 0 Å². The van der Waals surface area contributed by atoms with E-state index in [0.29, 0.717) is 24.0 Å². The Bertz CT molecular complexity index is 2720. The summed E-state index contributed by atoms with van der Waals surface area (Å²) in [6.07, 6.45) is 8.44. The molecule has 8 rings (SSSR count). The van der Waals surface area contributed by atoms with E-state index in [4.69, 9.17) is 27.9 Å². The van der Waals surface area contributed by atoms with Crippen molar-refractivity contribution >= 4 is 56.9 Å². The predicted octanol–water partition coefficient (Wildman–Crippen LogP) is 11.3. The van der Waals surface area contributed by atoms with Crippen LogP contribution in [-0.4, -0.2) is 41.7 Å². The molecule has 0 unspecified atom stereocenters. The largest absolute Gasteiger partial charge is 0.478 e. The van der Waals surface area contributed by atoms with Gasteiger partial charge in [0.15, 0.2) is 0 Å². The number of carbonyl (C=O) groups is 2. The summed E-state index contributed by atoms with van der Waals surface area (Å²) in [5.74, 6) is -1.38. The third-order valence-corrected chi connectivity index (χ3v) is 10.0. The van der Waals surface area contributed by atoms with Gasteiger partial charge in [-0.25, -0.2) is 19.6 Å². The molecule has 10 heteroatoms. The number of carboxylic acid groups (broad SMARTS) is 1. The molecule has 0 amide bonds. The van der Waals surface area contributed by atoms with Crippen LogP contribution in [-0.2, 0) is 30.7 Å². The molecule has 0 saturated carbocycles. The summed E-state index contributed by atoms with van der Waals surface area (Å²) in [5.41, 5.74) is 8.47. The first kappa shape index (κ1) is 40.0. The van der Waals surface area contributed by atoms with Gasteiger partial charge in [0.05, 0.1) is 11.1 Å². The maximum Gasteiger partial charge on any atom is 0.339 e. The average molecular weight is 810 g/mol. The number of nitrogens with zero attached hydrogens (tertiary/aromatic N) is 4. The van der Waals surface area contributed by atoms with E-state index in [1.165, 1.54) is 28.9 Å². The van der Waals surface area contributed by atoms with Crippen molar-refractivity contribution in [1.29, 1.82) is 0 Å². The highest BCUT2D eigenvalue weighted by Crippen LogP contribution is 2.26. The molecule has 0 atom stereocenters. The molecule has 4 aromatic heterocycles. The first-order valence-electron chi connectivity index (χ1n) is 18.9. The summed E-state index contributed by atoms with van der Waals surface area (Å²) in [5, 5.41) is 12.1. The molecule has 0 saturated heterocycles. The van der Waals surface area contributed by atoms with Crippen molar-refractivity contribution in [3.63, 3.8) is 0 Å². The summed E-state index contributed by atoms with van der Waals surface area (Å²) in [6, 6.07) is 40.5. The van der Waals surface area contributed by atoms with Gasteiger partial charge in [0.25, 0.3) is 0 Å². The molecule has 292 valence electrons. The van der Waals surface area contributed by atoms with Gasteiger partial charge in [-0.1, -0.05) is 96.0 Å². The third kappa shape index (κ3) is 10.0. The quantitative estimate of drug-likeness (QED) is 0.109. The second-order valence-corrected chi connectivity index (χ2v) is 15.9. The van der Waals surface area contributed by atoms with E-state index in [1.54, 1.807) is 12.3 Å². The van der Waals surface area contributed by atoms with Gasteiger partial charge in [-0.05, 0) is 126 Å². The molecular weight excluding hydrogens is 767 g/mol. The molecule has 0 spiro atoms. The fraction of sp³-hybridized carbons (Fsp3) is 0.167. The second-order valence-electron chi connectivity index (χ2n) is 15.1. The highest BCUT2D eigenvalue weighted by atomic mass is 35.5. The Balaban J connectivity index is 0.000000178. The molecule has 58 heavy (non-hydrogen) atoms. The Morgan fingerprint density at radius 1 is 0.603 bits per heavy atom. The van der Waals surface area contributed by atoms with Crippen LogP contribution in [0.2, 0.25) is 10.3 Å². The summed E-state index contributed by atoms with van der Waals surface area (Å²) in [7, 11) is 0. The Morgan fingerprint density at radius 3 is 1.50 bits per heavy atom. The first-order valence-corrected chi connectivity index (χ1v) is 19.6. The van der Waals surface area contributed by atoms with Gasteiger partial charge >= 0.3 is 11.9 Å². The topological polar surface area (TPSA) is 99.2 Å². The molecule has 4 heterocycles. The summed E-state index contributed by atoms with van der Waals surface area (Å²) >= 11 is 11.9. The van der Waals surface area contributed by atoms with Gasteiger partial charge in [-0.15, -0.1) is 0 Å². The van der Waals surface area contributed by atoms with E-state index in [2.05, 4.69) is 110 Å². The zero-order valence-electron chi connectivity index (χ0n) is 32.4. The van der Waals surface area contributed by atoms with Crippen LogP contribution in [0.15, 0.2) is 146 Å². The Labute approximate surface area is 347 Å². The van der Waals surface area contributed by atoms with Crippen molar-refractivity contribution in [3.05, 3.63) is 201 Å². The van der Waals surface area contributed by atoms with E-state index in [9.17, 15) is 14.7 Å². The molecule has 8 nitrogen and oxygen atoms in total. The molecule has 0 aliphatic heterocycles. The predicted molar refractivity (Wildman–Crippen MR) is 231 cm³/mol. The number of carbonyl (C=O) groups excluding carboxylic acids is 1. The fourth-order valence-electron chi connectivity index (χ4n) is 6.92. The zero-order chi connectivity index (χ0) is 40.8. The lowest BCUT2D eigenvalue weighted by Crippen LogP contribution is -2.24. The molecule has 0 bridgehead atoms. The summed E-state index contributed by atoms with van der Waals surface area (Å²) in [6.45, 7) is 7.19. The monoisotopic (exact) mass is 808 g/mol. The van der Waals surface area contributed by atoms with E-state index >= 15 is 0 Å². The van der Waals surface area contributed by atoms with Crippen LogP contribution in [0, 0.1) is 0 Å². The number of fused-ring (bicyclic) bond motifs is 2. The molecule has 0 fully saturated rings. The van der Waals surface area contributed by atoms with Crippen molar-refractivity contribution in [3.8, 4) is 0 Å². The number of esters is 1. The van der Waals surface area contributed by atoms with Crippen LogP contribution in [0.4, 0.5) is 0 Å². The Morgan fingerprint density at radius 2 is 1.05 bits per heavy atom. The maximum atomic E-state index is 12.7. The summed E-state index contributed by atoms with van der Waals surface area (Å²) < 4.78 is 10.0. The molecule has 4 aromatic carbocycles. The number of pyridine rings is 2. The number of ether oxygens (including phenoxy) is 1. The average Bonchev–Trinajstić information content (AvgIpc) is 3.79. The standard InChI is InChI=1S/C26H25ClN2O2.C22H17ClN2O2/c1-26(2,3)31-25(30)22-15-24(27)28-16-21(22)14-19-9-10-23-20(13-19)11-12-29(23)17-18-7-5-4-6-8-18;23-21-12-19(22(26)27)18(13-24-21)11-16-6-7-20-17(10-16)8-9-25(20)14-15-4-2-1-3-5-15/h4-13,15-16H,14,17H2,1-3H3;1-10,12-13H,11,14H2,(H,26,27). The molecule has 0 aliphatic rings. The van der Waals surface area contributed by atoms with Crippen LogP contribution in [0.25, 0.3) is 21.8 Å². The van der Waals surface area contributed by atoms with Crippen molar-refractivity contribution in [2.45, 2.75) is 52.3 Å². The van der Waals surface area contributed by atoms with Gasteiger partial charge < -0.3 is 19.0 Å². The minimum atomic E-state index is -0.996. The SMILES string of the molecule is CC(C)(C)OC(=O)c1cc(Cl)ncc1Cc1ccc2c(ccn2Cc2ccccc2)c1.O=C(O)c1cc(Cl)ncc1Cc1ccc2c(ccn2Cc2ccccc2)c1. The number of hydrogen-bond donors (Lipinski definition) is 1. The molecule has 0 radical (unpaired) electrons. The van der Waals surface area contributed by atoms with Crippen molar-refractivity contribution in [2.75, 3.05) is 0 Å². The van der Waals surface area contributed by atoms with Crippen LogP contribution in [0.1, 0.15) is 74.9 Å². The summed E-state index contributed by atoms with van der Waals surface area (Å²) in [4.78, 5) is 32.4. The lowest BCUT2D eigenvalue weighted by atomic mass is 10.0. The van der Waals surface area contributed by atoms with Gasteiger partial charge in [0.1, 0.15) is 15.9 Å². The zero-order valence-corrected chi connectivity index (χ0v) is 33.9. The van der Waals surface area contributed by atoms with Crippen molar-refractivity contribution < 1.29 is 19.4 Å². The number of rotatable bonds is 10. The van der Waals surface area contributed by atoms with Gasteiger partial charge in [0.2, 0.25) is 0 Å². The minimum Gasteiger partial charge on any atom is -0.478 e. The maximum absolute atomic E-state index is 12.7. The lowest BCUT2D eigenvalue weighted by molar-refractivity contribution is 0.00680. The van der Waals surface area contributed by atoms with Crippen molar-refractivity contribution in [1.82, 2.24) is 19.1 Å². The normalized spacial score (nSPS) is 11.3. The van der Waals surface area contributed by atoms with E-state index in [0.717, 1.165) is 46.1 Å².